The van der Waals surface area contributed by atoms with Gasteiger partial charge in [-0.15, -0.1) is 10.2 Å². The Morgan fingerprint density at radius 2 is 2.10 bits per heavy atom. The van der Waals surface area contributed by atoms with Gasteiger partial charge in [0.05, 0.1) is 0 Å². The molecular weight excluding hydrogens is 272 g/mol. The summed E-state index contributed by atoms with van der Waals surface area (Å²) in [5.74, 6) is 0.797. The average Bonchev–Trinajstić information content (AvgIpc) is 2.95. The van der Waals surface area contributed by atoms with Crippen LogP contribution in [0.3, 0.4) is 0 Å². The molecule has 1 aromatic heterocycles. The molecule has 0 spiro atoms. The number of fused-ring (bicyclic) bond motifs is 1. The highest BCUT2D eigenvalue weighted by Crippen LogP contribution is 2.36. The van der Waals surface area contributed by atoms with Crippen molar-refractivity contribution in [3.63, 3.8) is 0 Å². The highest BCUT2D eigenvalue weighted by atomic mass is 32.1. The Morgan fingerprint density at radius 1 is 1.30 bits per heavy atom. The number of rotatable bonds is 3. The molecule has 2 fully saturated rings. The lowest BCUT2D eigenvalue weighted by Gasteiger charge is -2.43. The van der Waals surface area contributed by atoms with Crippen LogP contribution in [-0.2, 0) is 0 Å². The van der Waals surface area contributed by atoms with Crippen LogP contribution in [0.2, 0.25) is 0 Å². The molecule has 20 heavy (non-hydrogen) atoms. The zero-order valence-electron chi connectivity index (χ0n) is 12.0. The van der Waals surface area contributed by atoms with Gasteiger partial charge in [-0.25, -0.2) is 0 Å². The van der Waals surface area contributed by atoms with Gasteiger partial charge in [-0.3, -0.25) is 4.79 Å². The normalized spacial score (nSPS) is 26.1. The molecule has 1 saturated heterocycles. The fourth-order valence-electron chi connectivity index (χ4n) is 3.53. The van der Waals surface area contributed by atoms with E-state index >= 15 is 0 Å². The number of hydrogen-bond donors (Lipinski definition) is 1. The highest BCUT2D eigenvalue weighted by Gasteiger charge is 2.36. The zero-order chi connectivity index (χ0) is 13.9. The lowest BCUT2D eigenvalue weighted by molar-refractivity contribution is 0.0389. The van der Waals surface area contributed by atoms with Gasteiger partial charge < -0.3 is 10.2 Å². The van der Waals surface area contributed by atoms with Crippen LogP contribution in [0.15, 0.2) is 0 Å². The van der Waals surface area contributed by atoms with Crippen molar-refractivity contribution in [1.29, 1.82) is 0 Å². The molecule has 0 unspecified atom stereocenters. The molecule has 5 nitrogen and oxygen atoms in total. The number of carbonyl (C=O) groups excluding carboxylic acids is 1. The molecule has 2 aliphatic rings. The first kappa shape index (κ1) is 13.8. The summed E-state index contributed by atoms with van der Waals surface area (Å²) in [6.07, 6.45) is 7.44. The third-order valence-corrected chi connectivity index (χ3v) is 5.31. The number of amides is 1. The summed E-state index contributed by atoms with van der Waals surface area (Å²) in [6.45, 7) is 3.70. The first-order chi connectivity index (χ1) is 9.79. The van der Waals surface area contributed by atoms with Crippen LogP contribution in [0.4, 0.5) is 5.13 Å². The third-order valence-electron chi connectivity index (χ3n) is 4.44. The maximum atomic E-state index is 12.7. The van der Waals surface area contributed by atoms with E-state index in [-0.39, 0.29) is 5.91 Å². The van der Waals surface area contributed by atoms with Gasteiger partial charge in [0, 0.05) is 19.1 Å². The first-order valence-electron chi connectivity index (χ1n) is 7.68. The van der Waals surface area contributed by atoms with Crippen molar-refractivity contribution in [1.82, 2.24) is 15.1 Å². The van der Waals surface area contributed by atoms with Crippen LogP contribution in [0.5, 0.6) is 0 Å². The molecule has 1 aliphatic carbocycles. The molecule has 1 aromatic rings. The quantitative estimate of drug-likeness (QED) is 0.931. The second-order valence-corrected chi connectivity index (χ2v) is 6.67. The van der Waals surface area contributed by atoms with E-state index in [1.54, 1.807) is 0 Å². The average molecular weight is 294 g/mol. The Morgan fingerprint density at radius 3 is 2.95 bits per heavy atom. The zero-order valence-corrected chi connectivity index (χ0v) is 12.8. The lowest BCUT2D eigenvalue weighted by Crippen LogP contribution is -2.49. The fourth-order valence-corrected chi connectivity index (χ4v) is 4.30. The molecule has 2 atom stereocenters. The predicted octanol–water partition coefficient (Wildman–Crippen LogP) is 2.76. The van der Waals surface area contributed by atoms with Crippen LogP contribution >= 0.6 is 11.3 Å². The van der Waals surface area contributed by atoms with Gasteiger partial charge in [0.1, 0.15) is 0 Å². The molecule has 110 valence electrons. The summed E-state index contributed by atoms with van der Waals surface area (Å²) in [4.78, 5) is 14.8. The number of nitrogens with zero attached hydrogens (tertiary/aromatic N) is 3. The molecule has 0 radical (unpaired) electrons. The Labute approximate surface area is 123 Å². The minimum atomic E-state index is 0.0863. The van der Waals surface area contributed by atoms with E-state index in [1.807, 2.05) is 6.92 Å². The maximum Gasteiger partial charge on any atom is 0.285 e. The van der Waals surface area contributed by atoms with Gasteiger partial charge in [-0.1, -0.05) is 24.2 Å². The van der Waals surface area contributed by atoms with Gasteiger partial charge in [0.15, 0.2) is 0 Å². The Hall–Kier alpha value is -1.17. The van der Waals surface area contributed by atoms with E-state index in [0.717, 1.165) is 31.1 Å². The summed E-state index contributed by atoms with van der Waals surface area (Å²) in [7, 11) is 0. The van der Waals surface area contributed by atoms with Crippen LogP contribution in [-0.4, -0.2) is 40.1 Å². The molecule has 1 N–H and O–H groups in total. The largest absolute Gasteiger partial charge is 0.360 e. The molecule has 1 amide bonds. The van der Waals surface area contributed by atoms with Gasteiger partial charge in [0.2, 0.25) is 10.1 Å². The SMILES string of the molecule is CCNc1nnc(C(=O)N2CCC[C@H]3CCCC[C@H]32)s1. The maximum absolute atomic E-state index is 12.7. The number of aromatic nitrogens is 2. The smallest absolute Gasteiger partial charge is 0.285 e. The number of piperidine rings is 1. The van der Waals surface area contributed by atoms with E-state index in [2.05, 4.69) is 20.4 Å². The van der Waals surface area contributed by atoms with Crippen LogP contribution in [0, 0.1) is 5.92 Å². The van der Waals surface area contributed by atoms with E-state index in [4.69, 9.17) is 0 Å². The lowest BCUT2D eigenvalue weighted by atomic mass is 9.78. The first-order valence-corrected chi connectivity index (χ1v) is 8.49. The van der Waals surface area contributed by atoms with Gasteiger partial charge >= 0.3 is 0 Å². The highest BCUT2D eigenvalue weighted by molar-refractivity contribution is 7.17. The summed E-state index contributed by atoms with van der Waals surface area (Å²) >= 11 is 1.37. The topological polar surface area (TPSA) is 58.1 Å². The van der Waals surface area contributed by atoms with Crippen molar-refractivity contribution in [3.05, 3.63) is 5.01 Å². The van der Waals surface area contributed by atoms with Crippen molar-refractivity contribution in [3.8, 4) is 0 Å². The molecule has 1 saturated carbocycles. The number of carbonyl (C=O) groups is 1. The summed E-state index contributed by atoms with van der Waals surface area (Å²) in [6, 6.07) is 0.441. The van der Waals surface area contributed by atoms with Gasteiger partial charge in [-0.05, 0) is 38.5 Å². The van der Waals surface area contributed by atoms with E-state index < -0.39 is 0 Å². The van der Waals surface area contributed by atoms with E-state index in [0.29, 0.717) is 17.0 Å². The van der Waals surface area contributed by atoms with Gasteiger partial charge in [0.25, 0.3) is 5.91 Å². The van der Waals surface area contributed by atoms with Crippen molar-refractivity contribution < 1.29 is 4.79 Å². The molecule has 6 heteroatoms. The number of hydrogen-bond acceptors (Lipinski definition) is 5. The second-order valence-electron chi connectivity index (χ2n) is 5.70. The second kappa shape index (κ2) is 6.08. The molecule has 1 aliphatic heterocycles. The number of likely N-dealkylation sites (tertiary alicyclic amines) is 1. The fraction of sp³-hybridized carbons (Fsp3) is 0.786. The Bertz CT molecular complexity index is 473. The van der Waals surface area contributed by atoms with Crippen LogP contribution in [0.25, 0.3) is 0 Å². The molecule has 0 aromatic carbocycles. The molecule has 0 bridgehead atoms. The molecular formula is C14H22N4OS. The Kier molecular flexibility index (Phi) is 4.19. The van der Waals surface area contributed by atoms with Crippen molar-refractivity contribution in [2.45, 2.75) is 51.5 Å². The van der Waals surface area contributed by atoms with Crippen molar-refractivity contribution in [2.75, 3.05) is 18.4 Å². The van der Waals surface area contributed by atoms with Crippen LogP contribution in [0.1, 0.15) is 55.3 Å². The minimum absolute atomic E-state index is 0.0863. The number of nitrogens with one attached hydrogen (secondary N) is 1. The Balaban J connectivity index is 1.74. The van der Waals surface area contributed by atoms with E-state index in [9.17, 15) is 4.79 Å². The molecule has 3 rings (SSSR count). The minimum Gasteiger partial charge on any atom is -0.360 e. The number of anilines is 1. The standard InChI is InChI=1S/C14H22N4OS/c1-2-15-14-17-16-12(20-14)13(19)18-9-5-7-10-6-3-4-8-11(10)18/h10-11H,2-9H2,1H3,(H,15,17)/t10-,11-/m1/s1. The van der Waals surface area contributed by atoms with Gasteiger partial charge in [-0.2, -0.15) is 0 Å². The summed E-state index contributed by atoms with van der Waals surface area (Å²) in [5, 5.41) is 12.5. The third kappa shape index (κ3) is 2.66. The van der Waals surface area contributed by atoms with Crippen LogP contribution < -0.4 is 5.32 Å². The predicted molar refractivity (Wildman–Crippen MR) is 80.1 cm³/mol. The van der Waals surface area contributed by atoms with Crippen molar-refractivity contribution >= 4 is 22.4 Å². The summed E-state index contributed by atoms with van der Waals surface area (Å²) < 4.78 is 0. The van der Waals surface area contributed by atoms with Crippen molar-refractivity contribution in [2.24, 2.45) is 5.92 Å². The summed E-state index contributed by atoms with van der Waals surface area (Å²) in [5.41, 5.74) is 0. The monoisotopic (exact) mass is 294 g/mol. The molecule has 2 heterocycles. The van der Waals surface area contributed by atoms with E-state index in [1.165, 1.54) is 37.0 Å².